The molecule has 1 N–H and O–H groups in total. The molecule has 0 atom stereocenters. The predicted octanol–water partition coefficient (Wildman–Crippen LogP) is 5.56. The van der Waals surface area contributed by atoms with Gasteiger partial charge < -0.3 is 10.1 Å². The minimum absolute atomic E-state index is 0.0648. The molecule has 0 unspecified atom stereocenters. The van der Waals surface area contributed by atoms with Crippen LogP contribution >= 0.6 is 0 Å². The summed E-state index contributed by atoms with van der Waals surface area (Å²) in [5, 5.41) is 4.01. The summed E-state index contributed by atoms with van der Waals surface area (Å²) in [6.45, 7) is 0.0648. The fourth-order valence-corrected chi connectivity index (χ4v) is 5.34. The van der Waals surface area contributed by atoms with Gasteiger partial charge in [-0.25, -0.2) is 13.2 Å². The molecule has 1 aromatic heterocycles. The molecule has 0 amide bonds. The van der Waals surface area contributed by atoms with E-state index < -0.39 is 28.6 Å². The Kier molecular flexibility index (Phi) is 6.46. The van der Waals surface area contributed by atoms with Crippen LogP contribution in [0.5, 0.6) is 5.75 Å². The van der Waals surface area contributed by atoms with Crippen molar-refractivity contribution in [3.05, 3.63) is 65.1 Å². The van der Waals surface area contributed by atoms with Crippen LogP contribution < -0.4 is 10.1 Å². The number of anilines is 1. The summed E-state index contributed by atoms with van der Waals surface area (Å²) in [5.41, 5.74) is 2.06. The number of pyridine rings is 1. The van der Waals surface area contributed by atoms with Crippen LogP contribution in [-0.4, -0.2) is 27.8 Å². The predicted molar refractivity (Wildman–Crippen MR) is 117 cm³/mol. The molecule has 4 rings (SSSR count). The van der Waals surface area contributed by atoms with Gasteiger partial charge in [-0.05, 0) is 36.5 Å². The van der Waals surface area contributed by atoms with E-state index in [9.17, 15) is 17.4 Å². The second kappa shape index (κ2) is 9.26. The van der Waals surface area contributed by atoms with E-state index in [1.54, 1.807) is 19.4 Å². The number of ether oxygens (including phenoxy) is 1. The maximum Gasteiger partial charge on any atom is 0.266 e. The van der Waals surface area contributed by atoms with Gasteiger partial charge in [0.2, 0.25) is 0 Å². The first-order chi connectivity index (χ1) is 15.0. The van der Waals surface area contributed by atoms with Crippen molar-refractivity contribution >= 4 is 27.4 Å². The lowest BCUT2D eigenvalue weighted by Gasteiger charge is -2.24. The summed E-state index contributed by atoms with van der Waals surface area (Å²) >= 11 is 0. The number of methoxy groups -OCH3 is 1. The maximum atomic E-state index is 14.4. The number of fused-ring (bicyclic) bond motifs is 1. The molecule has 0 spiro atoms. The van der Waals surface area contributed by atoms with E-state index in [0.717, 1.165) is 41.3 Å². The molecule has 8 heteroatoms. The van der Waals surface area contributed by atoms with Crippen molar-refractivity contribution in [3.8, 4) is 5.75 Å². The lowest BCUT2D eigenvalue weighted by atomic mass is 9.91. The Labute approximate surface area is 181 Å². The molecule has 2 heterocycles. The van der Waals surface area contributed by atoms with Gasteiger partial charge in [-0.1, -0.05) is 18.2 Å². The lowest BCUT2D eigenvalue weighted by molar-refractivity contribution is 0.146. The molecule has 4 nitrogen and oxygen atoms in total. The highest BCUT2D eigenvalue weighted by Gasteiger charge is 2.23. The van der Waals surface area contributed by atoms with Gasteiger partial charge in [0, 0.05) is 57.8 Å². The van der Waals surface area contributed by atoms with Gasteiger partial charge in [-0.2, -0.15) is 0 Å². The first kappa shape index (κ1) is 21.6. The zero-order valence-corrected chi connectivity index (χ0v) is 17.9. The van der Waals surface area contributed by atoms with E-state index in [2.05, 4.69) is 10.3 Å². The van der Waals surface area contributed by atoms with Gasteiger partial charge >= 0.3 is 0 Å². The molecule has 1 aliphatic rings. The monoisotopic (exact) mass is 448 g/mol. The van der Waals surface area contributed by atoms with Crippen molar-refractivity contribution < 1.29 is 22.1 Å². The van der Waals surface area contributed by atoms with E-state index in [1.165, 1.54) is 12.1 Å². The van der Waals surface area contributed by atoms with Gasteiger partial charge in [0.05, 0.1) is 18.2 Å². The number of hydrogen-bond acceptors (Lipinski definition) is 4. The first-order valence-corrected chi connectivity index (χ1v) is 11.6. The summed E-state index contributed by atoms with van der Waals surface area (Å²) in [6.07, 6.45) is 0.424. The normalized spacial score (nSPS) is 19.0. The number of aromatic nitrogens is 1. The van der Waals surface area contributed by atoms with Crippen LogP contribution in [0.2, 0.25) is 0 Å². The molecule has 0 radical (unpaired) electrons. The topological polar surface area (TPSA) is 51.2 Å². The first-order valence-electron chi connectivity index (χ1n) is 10.1. The fourth-order valence-electron chi connectivity index (χ4n) is 4.04. The summed E-state index contributed by atoms with van der Waals surface area (Å²) in [4.78, 5) is 4.42. The summed E-state index contributed by atoms with van der Waals surface area (Å²) < 4.78 is 57.8. The Hall–Kier alpha value is -2.61. The number of halogens is 3. The summed E-state index contributed by atoms with van der Waals surface area (Å²) in [7, 11) is 0.856. The Morgan fingerprint density at radius 1 is 1.23 bits per heavy atom. The molecule has 1 aliphatic heterocycles. The van der Waals surface area contributed by atoms with Crippen LogP contribution in [0.4, 0.5) is 18.9 Å². The van der Waals surface area contributed by atoms with Gasteiger partial charge in [0.15, 0.2) is 0 Å². The highest BCUT2D eigenvalue weighted by atomic mass is 32.2. The van der Waals surface area contributed by atoms with Crippen molar-refractivity contribution in [1.82, 2.24) is 4.98 Å². The minimum atomic E-state index is -2.86. The molecule has 31 heavy (non-hydrogen) atoms. The molecule has 0 aliphatic carbocycles. The third-order valence-corrected chi connectivity index (χ3v) is 7.12. The smallest absolute Gasteiger partial charge is 0.266 e. The second-order valence-corrected chi connectivity index (χ2v) is 9.26. The van der Waals surface area contributed by atoms with Crippen molar-refractivity contribution in [3.63, 3.8) is 0 Å². The van der Waals surface area contributed by atoms with E-state index >= 15 is 0 Å². The molecule has 3 aromatic rings. The number of alkyl halides is 2. The van der Waals surface area contributed by atoms with E-state index in [4.69, 9.17) is 4.74 Å². The number of benzene rings is 2. The molecule has 1 fully saturated rings. The third-order valence-electron chi connectivity index (χ3n) is 5.73. The van der Waals surface area contributed by atoms with Crippen LogP contribution in [-0.2, 0) is 17.3 Å². The Morgan fingerprint density at radius 3 is 2.71 bits per heavy atom. The molecule has 0 saturated carbocycles. The van der Waals surface area contributed by atoms with Crippen LogP contribution in [0.3, 0.4) is 0 Å². The molecule has 0 bridgehead atoms. The Morgan fingerprint density at radius 2 is 2.00 bits per heavy atom. The van der Waals surface area contributed by atoms with E-state index in [1.807, 2.05) is 12.1 Å². The summed E-state index contributed by atoms with van der Waals surface area (Å²) in [6, 6.07) is 9.70. The molecule has 1 saturated heterocycles. The highest BCUT2D eigenvalue weighted by molar-refractivity contribution is 7.85. The summed E-state index contributed by atoms with van der Waals surface area (Å²) in [5.74, 6) is 1.43. The quantitative estimate of drug-likeness (QED) is 0.537. The standard InChI is InChI=1S/C23H23F3N2O2S/c1-30-21-12-20-18(11-17(21)14-6-9-31(29)10-7-14)19(5-8-27-20)28-13-15-3-2-4-16(22(15)24)23(25)26/h2-5,8,11-12,14,23H,6-7,9-10,13H2,1H3,(H,27,28). The molecular formula is C23H23F3N2O2S. The minimum Gasteiger partial charge on any atom is -0.496 e. The molecular weight excluding hydrogens is 425 g/mol. The number of hydrogen-bond donors (Lipinski definition) is 1. The van der Waals surface area contributed by atoms with Gasteiger partial charge in [0.1, 0.15) is 11.6 Å². The Balaban J connectivity index is 1.66. The highest BCUT2D eigenvalue weighted by Crippen LogP contribution is 2.38. The average molecular weight is 449 g/mol. The SMILES string of the molecule is COc1cc2nccc(NCc3cccc(C(F)F)c3F)c2cc1C1CCS(=O)CC1. The zero-order chi connectivity index (χ0) is 22.0. The van der Waals surface area contributed by atoms with Crippen molar-refractivity contribution in [2.45, 2.75) is 31.7 Å². The van der Waals surface area contributed by atoms with Gasteiger partial charge in [0.25, 0.3) is 6.43 Å². The van der Waals surface area contributed by atoms with Crippen molar-refractivity contribution in [2.24, 2.45) is 0 Å². The maximum absolute atomic E-state index is 14.4. The van der Waals surface area contributed by atoms with Gasteiger partial charge in [-0.15, -0.1) is 0 Å². The van der Waals surface area contributed by atoms with Crippen LogP contribution in [0.25, 0.3) is 10.9 Å². The molecule has 2 aromatic carbocycles. The van der Waals surface area contributed by atoms with E-state index in [0.29, 0.717) is 17.0 Å². The van der Waals surface area contributed by atoms with Crippen LogP contribution in [0.15, 0.2) is 42.6 Å². The van der Waals surface area contributed by atoms with Crippen molar-refractivity contribution in [2.75, 3.05) is 23.9 Å². The number of nitrogens with zero attached hydrogens (tertiary/aromatic N) is 1. The number of nitrogens with one attached hydrogen (secondary N) is 1. The Bertz CT molecular complexity index is 1110. The lowest BCUT2D eigenvalue weighted by Crippen LogP contribution is -2.17. The van der Waals surface area contributed by atoms with Crippen LogP contribution in [0.1, 0.15) is 41.9 Å². The van der Waals surface area contributed by atoms with Crippen molar-refractivity contribution in [1.29, 1.82) is 0 Å². The largest absolute Gasteiger partial charge is 0.496 e. The molecule has 164 valence electrons. The average Bonchev–Trinajstić information content (AvgIpc) is 2.77. The fraction of sp³-hybridized carbons (Fsp3) is 0.348. The van der Waals surface area contributed by atoms with Gasteiger partial charge in [-0.3, -0.25) is 9.19 Å². The van der Waals surface area contributed by atoms with Crippen LogP contribution in [0, 0.1) is 5.82 Å². The zero-order valence-electron chi connectivity index (χ0n) is 17.0. The number of rotatable bonds is 6. The third kappa shape index (κ3) is 4.54. The van der Waals surface area contributed by atoms with E-state index in [-0.39, 0.29) is 18.0 Å². The second-order valence-electron chi connectivity index (χ2n) is 7.57.